The highest BCUT2D eigenvalue weighted by Gasteiger charge is 2.21. The number of morpholine rings is 1. The van der Waals surface area contributed by atoms with E-state index in [9.17, 15) is 4.79 Å². The van der Waals surface area contributed by atoms with Gasteiger partial charge in [-0.15, -0.1) is 0 Å². The lowest BCUT2D eigenvalue weighted by atomic mass is 10.2. The normalized spacial score (nSPS) is 19.9. The molecule has 1 atom stereocenters. The predicted octanol–water partition coefficient (Wildman–Crippen LogP) is 0.622. The van der Waals surface area contributed by atoms with Crippen molar-refractivity contribution in [1.29, 1.82) is 5.26 Å². The largest absolute Gasteiger partial charge is 0.360 e. The molecule has 1 aromatic rings. The smallest absolute Gasteiger partial charge is 0.252 e. The number of hydrogen-bond acceptors (Lipinski definition) is 5. The second kappa shape index (κ2) is 5.19. The van der Waals surface area contributed by atoms with Gasteiger partial charge in [-0.05, 0) is 0 Å². The minimum absolute atomic E-state index is 0.158. The molecule has 6 nitrogen and oxygen atoms in total. The third kappa shape index (κ3) is 2.68. The van der Waals surface area contributed by atoms with E-state index in [0.717, 1.165) is 0 Å². The second-order valence-electron chi connectivity index (χ2n) is 4.58. The summed E-state index contributed by atoms with van der Waals surface area (Å²) in [7, 11) is 0. The molecule has 0 saturated carbocycles. The minimum Gasteiger partial charge on any atom is -0.360 e. The van der Waals surface area contributed by atoms with E-state index in [1.165, 1.54) is 6.07 Å². The fourth-order valence-electron chi connectivity index (χ4n) is 1.83. The van der Waals surface area contributed by atoms with Crippen LogP contribution in [0.25, 0.3) is 0 Å². The Kier molecular flexibility index (Phi) is 3.63. The van der Waals surface area contributed by atoms with Crippen LogP contribution in [0.5, 0.6) is 0 Å². The molecule has 1 unspecified atom stereocenters. The van der Waals surface area contributed by atoms with Crippen molar-refractivity contribution in [1.82, 2.24) is 9.97 Å². The monoisotopic (exact) mass is 248 g/mol. The second-order valence-corrected chi connectivity index (χ2v) is 4.58. The molecule has 1 fully saturated rings. The molecule has 0 aliphatic carbocycles. The summed E-state index contributed by atoms with van der Waals surface area (Å²) in [5.41, 5.74) is -0.163. The molecular formula is C12H16N4O2. The van der Waals surface area contributed by atoms with E-state index in [2.05, 4.69) is 16.0 Å². The zero-order valence-electron chi connectivity index (χ0n) is 10.5. The molecule has 0 aromatic carbocycles. The zero-order chi connectivity index (χ0) is 13.1. The Morgan fingerprint density at radius 2 is 2.44 bits per heavy atom. The van der Waals surface area contributed by atoms with E-state index in [-0.39, 0.29) is 11.5 Å². The molecule has 0 amide bonds. The highest BCUT2D eigenvalue weighted by molar-refractivity contribution is 5.39. The van der Waals surface area contributed by atoms with Gasteiger partial charge in [-0.1, -0.05) is 13.8 Å². The van der Waals surface area contributed by atoms with Gasteiger partial charge in [-0.2, -0.15) is 5.26 Å². The van der Waals surface area contributed by atoms with Gasteiger partial charge in [-0.3, -0.25) is 4.79 Å². The SMILES string of the molecule is CC(C)c1nc(N2CCOC(C#N)C2)cc(=O)[nH]1. The van der Waals surface area contributed by atoms with Gasteiger partial charge in [0.1, 0.15) is 11.6 Å². The summed E-state index contributed by atoms with van der Waals surface area (Å²) in [5.74, 6) is 1.44. The summed E-state index contributed by atoms with van der Waals surface area (Å²) in [6, 6.07) is 3.54. The van der Waals surface area contributed by atoms with Crippen LogP contribution in [0, 0.1) is 11.3 Å². The molecule has 1 aliphatic rings. The molecule has 96 valence electrons. The van der Waals surface area contributed by atoms with Gasteiger partial charge >= 0.3 is 0 Å². The minimum atomic E-state index is -0.456. The molecule has 0 spiro atoms. The van der Waals surface area contributed by atoms with E-state index in [1.54, 1.807) is 0 Å². The Morgan fingerprint density at radius 1 is 1.67 bits per heavy atom. The van der Waals surface area contributed by atoms with Crippen LogP contribution in [0.3, 0.4) is 0 Å². The number of anilines is 1. The van der Waals surface area contributed by atoms with Crippen LogP contribution in [-0.4, -0.2) is 35.8 Å². The maximum atomic E-state index is 11.6. The fraction of sp³-hybridized carbons (Fsp3) is 0.583. The maximum Gasteiger partial charge on any atom is 0.252 e. The summed E-state index contributed by atoms with van der Waals surface area (Å²) in [4.78, 5) is 20.7. The maximum absolute atomic E-state index is 11.6. The van der Waals surface area contributed by atoms with E-state index in [1.807, 2.05) is 18.7 Å². The van der Waals surface area contributed by atoms with Crippen molar-refractivity contribution in [2.75, 3.05) is 24.6 Å². The molecule has 1 N–H and O–H groups in total. The highest BCUT2D eigenvalue weighted by atomic mass is 16.5. The third-order valence-electron chi connectivity index (χ3n) is 2.83. The number of aromatic amines is 1. The average molecular weight is 248 g/mol. The fourth-order valence-corrected chi connectivity index (χ4v) is 1.83. The number of ether oxygens (including phenoxy) is 1. The number of rotatable bonds is 2. The van der Waals surface area contributed by atoms with Crippen molar-refractivity contribution >= 4 is 5.82 Å². The lowest BCUT2D eigenvalue weighted by Crippen LogP contribution is -2.42. The van der Waals surface area contributed by atoms with E-state index in [4.69, 9.17) is 10.00 Å². The summed E-state index contributed by atoms with van der Waals surface area (Å²) in [6.07, 6.45) is -0.456. The molecule has 0 bridgehead atoms. The Bertz CT molecular complexity index is 518. The highest BCUT2D eigenvalue weighted by Crippen LogP contribution is 2.15. The van der Waals surface area contributed by atoms with Crippen molar-refractivity contribution in [3.63, 3.8) is 0 Å². The van der Waals surface area contributed by atoms with Crippen LogP contribution in [0.4, 0.5) is 5.82 Å². The molecule has 0 radical (unpaired) electrons. The first-order valence-electron chi connectivity index (χ1n) is 5.97. The Hall–Kier alpha value is -1.87. The van der Waals surface area contributed by atoms with Crippen molar-refractivity contribution in [2.24, 2.45) is 0 Å². The lowest BCUT2D eigenvalue weighted by molar-refractivity contribution is 0.0761. The lowest BCUT2D eigenvalue weighted by Gasteiger charge is -2.30. The van der Waals surface area contributed by atoms with Crippen LogP contribution < -0.4 is 10.5 Å². The van der Waals surface area contributed by atoms with Gasteiger partial charge in [-0.25, -0.2) is 4.98 Å². The van der Waals surface area contributed by atoms with E-state index in [0.29, 0.717) is 31.3 Å². The average Bonchev–Trinajstić information content (AvgIpc) is 2.38. The van der Waals surface area contributed by atoms with Crippen molar-refractivity contribution in [2.45, 2.75) is 25.9 Å². The van der Waals surface area contributed by atoms with E-state index < -0.39 is 6.10 Å². The Balaban J connectivity index is 2.28. The van der Waals surface area contributed by atoms with Gasteiger partial charge in [0.2, 0.25) is 0 Å². The third-order valence-corrected chi connectivity index (χ3v) is 2.83. The van der Waals surface area contributed by atoms with Crippen molar-refractivity contribution in [3.05, 3.63) is 22.2 Å². The Labute approximate surface area is 105 Å². The molecule has 18 heavy (non-hydrogen) atoms. The number of nitrogens with zero attached hydrogens (tertiary/aromatic N) is 3. The molecule has 1 aromatic heterocycles. The number of nitrogens with one attached hydrogen (secondary N) is 1. The predicted molar refractivity (Wildman–Crippen MR) is 66.5 cm³/mol. The summed E-state index contributed by atoms with van der Waals surface area (Å²) < 4.78 is 5.27. The number of H-pyrrole nitrogens is 1. The van der Waals surface area contributed by atoms with Gasteiger partial charge < -0.3 is 14.6 Å². The molecule has 1 saturated heterocycles. The van der Waals surface area contributed by atoms with Crippen LogP contribution >= 0.6 is 0 Å². The summed E-state index contributed by atoms with van der Waals surface area (Å²) in [6.45, 7) is 5.51. The first-order chi connectivity index (χ1) is 8.60. The van der Waals surface area contributed by atoms with Gasteiger partial charge in [0, 0.05) is 18.5 Å². The molecule has 2 heterocycles. The van der Waals surface area contributed by atoms with E-state index >= 15 is 0 Å². The molecular weight excluding hydrogens is 232 g/mol. The molecule has 6 heteroatoms. The van der Waals surface area contributed by atoms with Crippen LogP contribution in [0.15, 0.2) is 10.9 Å². The van der Waals surface area contributed by atoms with Gasteiger partial charge in [0.15, 0.2) is 6.10 Å². The zero-order valence-corrected chi connectivity index (χ0v) is 10.5. The molecule has 2 rings (SSSR count). The van der Waals surface area contributed by atoms with Gasteiger partial charge in [0.05, 0.1) is 19.2 Å². The topological polar surface area (TPSA) is 82.0 Å². The molecule has 1 aliphatic heterocycles. The number of hydrogen-bond donors (Lipinski definition) is 1. The van der Waals surface area contributed by atoms with Crippen LogP contribution in [0.2, 0.25) is 0 Å². The van der Waals surface area contributed by atoms with Crippen LogP contribution in [0.1, 0.15) is 25.6 Å². The van der Waals surface area contributed by atoms with Gasteiger partial charge in [0.25, 0.3) is 5.56 Å². The van der Waals surface area contributed by atoms with Crippen molar-refractivity contribution < 1.29 is 4.74 Å². The number of nitriles is 1. The standard InChI is InChI=1S/C12H16N4O2/c1-8(2)12-14-10(5-11(17)15-12)16-3-4-18-9(6-13)7-16/h5,8-9H,3-4,7H2,1-2H3,(H,14,15,17). The van der Waals surface area contributed by atoms with Crippen LogP contribution in [-0.2, 0) is 4.74 Å². The Morgan fingerprint density at radius 3 is 3.11 bits per heavy atom. The summed E-state index contributed by atoms with van der Waals surface area (Å²) >= 11 is 0. The quantitative estimate of drug-likeness (QED) is 0.829. The summed E-state index contributed by atoms with van der Waals surface area (Å²) in [5, 5.41) is 8.86. The van der Waals surface area contributed by atoms with Crippen molar-refractivity contribution in [3.8, 4) is 6.07 Å². The first kappa shape index (κ1) is 12.6. The first-order valence-corrected chi connectivity index (χ1v) is 5.97. The number of aromatic nitrogens is 2.